The summed E-state index contributed by atoms with van der Waals surface area (Å²) in [5, 5.41) is 9.01. The second-order valence-electron chi connectivity index (χ2n) is 3.62. The van der Waals surface area contributed by atoms with Gasteiger partial charge in [-0.1, -0.05) is 0 Å². The fourth-order valence-electron chi connectivity index (χ4n) is 1.88. The molecule has 0 aromatic rings. The molecule has 5 nitrogen and oxygen atoms in total. The van der Waals surface area contributed by atoms with Crippen LogP contribution in [-0.2, 0) is 14.3 Å². The largest absolute Gasteiger partial charge is 0.468 e. The lowest BCUT2D eigenvalue weighted by molar-refractivity contribution is -0.157. The van der Waals surface area contributed by atoms with Crippen LogP contribution in [0, 0.1) is 0 Å². The molecule has 82 valence electrons. The number of carbonyl (C=O) groups is 1. The maximum Gasteiger partial charge on any atom is 0.328 e. The van der Waals surface area contributed by atoms with E-state index in [2.05, 4.69) is 10.2 Å². The number of ether oxygens (including phenoxy) is 2. The minimum absolute atomic E-state index is 0.182. The number of rotatable bonds is 3. The summed E-state index contributed by atoms with van der Waals surface area (Å²) in [5.41, 5.74) is 1.16. The first-order valence-electron chi connectivity index (χ1n) is 4.71. The molecule has 5 heteroatoms. The van der Waals surface area contributed by atoms with Gasteiger partial charge in [-0.15, -0.1) is 0 Å². The molecule has 0 amide bonds. The fourth-order valence-corrected chi connectivity index (χ4v) is 1.88. The van der Waals surface area contributed by atoms with Crippen molar-refractivity contribution in [2.24, 2.45) is 0 Å². The van der Waals surface area contributed by atoms with Gasteiger partial charge in [-0.05, 0) is 25.7 Å². The van der Waals surface area contributed by atoms with Gasteiger partial charge in [0.05, 0.1) is 13.2 Å². The van der Waals surface area contributed by atoms with Crippen molar-refractivity contribution >= 4 is 5.97 Å². The van der Waals surface area contributed by atoms with Crippen molar-refractivity contribution in [2.75, 3.05) is 14.2 Å². The molecule has 0 heterocycles. The molecule has 1 saturated carbocycles. The van der Waals surface area contributed by atoms with E-state index in [4.69, 9.17) is 9.94 Å². The van der Waals surface area contributed by atoms with Gasteiger partial charge in [0.25, 0.3) is 0 Å². The predicted molar refractivity (Wildman–Crippen MR) is 48.9 cm³/mol. The van der Waals surface area contributed by atoms with E-state index in [0.717, 1.165) is 12.8 Å². The Balaban J connectivity index is 2.61. The van der Waals surface area contributed by atoms with Crippen LogP contribution in [0.3, 0.4) is 0 Å². The highest BCUT2D eigenvalue weighted by Gasteiger charge is 2.42. The molecule has 1 rings (SSSR count). The summed E-state index contributed by atoms with van der Waals surface area (Å²) >= 11 is 0. The van der Waals surface area contributed by atoms with E-state index in [1.807, 2.05) is 0 Å². The van der Waals surface area contributed by atoms with E-state index >= 15 is 0 Å². The van der Waals surface area contributed by atoms with Crippen molar-refractivity contribution in [2.45, 2.75) is 37.3 Å². The number of hydroxylamine groups is 1. The van der Waals surface area contributed by atoms with Crippen molar-refractivity contribution in [1.29, 1.82) is 0 Å². The van der Waals surface area contributed by atoms with Gasteiger partial charge in [-0.2, -0.15) is 5.48 Å². The third kappa shape index (κ3) is 2.05. The minimum Gasteiger partial charge on any atom is -0.468 e. The van der Waals surface area contributed by atoms with Crippen LogP contribution in [0.5, 0.6) is 0 Å². The van der Waals surface area contributed by atoms with Gasteiger partial charge in [-0.3, -0.25) is 0 Å². The topological polar surface area (TPSA) is 67.8 Å². The second kappa shape index (κ2) is 4.72. The Morgan fingerprint density at radius 3 is 2.36 bits per heavy atom. The second-order valence-corrected chi connectivity index (χ2v) is 3.62. The van der Waals surface area contributed by atoms with Gasteiger partial charge in [0, 0.05) is 7.11 Å². The van der Waals surface area contributed by atoms with Crippen LogP contribution >= 0.6 is 0 Å². The predicted octanol–water partition coefficient (Wildman–Crippen LogP) is 0.466. The third-order valence-electron chi connectivity index (χ3n) is 2.91. The van der Waals surface area contributed by atoms with Crippen LogP contribution < -0.4 is 5.48 Å². The zero-order chi connectivity index (χ0) is 10.6. The first-order valence-corrected chi connectivity index (χ1v) is 4.71. The fraction of sp³-hybridized carbons (Fsp3) is 0.889. The summed E-state index contributed by atoms with van der Waals surface area (Å²) in [6.45, 7) is 0. The van der Waals surface area contributed by atoms with Crippen molar-refractivity contribution < 1.29 is 19.5 Å². The highest BCUT2D eigenvalue weighted by Crippen LogP contribution is 2.30. The minimum atomic E-state index is -0.927. The Hall–Kier alpha value is -0.650. The smallest absolute Gasteiger partial charge is 0.328 e. The number of hydrogen-bond acceptors (Lipinski definition) is 5. The average Bonchev–Trinajstić information content (AvgIpc) is 2.28. The van der Waals surface area contributed by atoms with Gasteiger partial charge in [0.1, 0.15) is 5.54 Å². The summed E-state index contributed by atoms with van der Waals surface area (Å²) in [6.07, 6.45) is 2.75. The van der Waals surface area contributed by atoms with E-state index in [0.29, 0.717) is 12.8 Å². The Labute approximate surface area is 83.3 Å². The van der Waals surface area contributed by atoms with Gasteiger partial charge in [-0.25, -0.2) is 4.79 Å². The number of carbonyl (C=O) groups excluding carboxylic acids is 1. The van der Waals surface area contributed by atoms with Crippen molar-refractivity contribution in [3.63, 3.8) is 0 Å². The molecule has 0 radical (unpaired) electrons. The molecule has 1 fully saturated rings. The third-order valence-corrected chi connectivity index (χ3v) is 2.91. The Morgan fingerprint density at radius 1 is 1.43 bits per heavy atom. The Kier molecular flexibility index (Phi) is 3.86. The Bertz CT molecular complexity index is 199. The molecule has 14 heavy (non-hydrogen) atoms. The SMILES string of the molecule is COC(=O)C1(NO)CCC(OC)CC1. The van der Waals surface area contributed by atoms with Crippen LogP contribution in [0.15, 0.2) is 0 Å². The van der Waals surface area contributed by atoms with Gasteiger partial charge in [0.2, 0.25) is 0 Å². The maximum absolute atomic E-state index is 11.4. The molecule has 2 N–H and O–H groups in total. The van der Waals surface area contributed by atoms with Crippen LogP contribution in [0.2, 0.25) is 0 Å². The van der Waals surface area contributed by atoms with Crippen molar-refractivity contribution in [1.82, 2.24) is 5.48 Å². The quantitative estimate of drug-likeness (QED) is 0.515. The number of hydrogen-bond donors (Lipinski definition) is 2. The molecule has 1 aliphatic carbocycles. The molecule has 0 bridgehead atoms. The summed E-state index contributed by atoms with van der Waals surface area (Å²) in [7, 11) is 2.98. The Morgan fingerprint density at radius 2 is 2.00 bits per heavy atom. The first kappa shape index (κ1) is 11.4. The molecule has 0 saturated heterocycles. The number of esters is 1. The molecule has 1 aliphatic rings. The van der Waals surface area contributed by atoms with Crippen LogP contribution in [0.4, 0.5) is 0 Å². The lowest BCUT2D eigenvalue weighted by atomic mass is 9.81. The molecule has 0 aliphatic heterocycles. The lowest BCUT2D eigenvalue weighted by Gasteiger charge is -2.35. The average molecular weight is 203 g/mol. The summed E-state index contributed by atoms with van der Waals surface area (Å²) < 4.78 is 9.83. The summed E-state index contributed by atoms with van der Waals surface area (Å²) in [6, 6.07) is 0. The monoisotopic (exact) mass is 203 g/mol. The van der Waals surface area contributed by atoms with Gasteiger partial charge >= 0.3 is 5.97 Å². The normalized spacial score (nSPS) is 32.6. The summed E-state index contributed by atoms with van der Waals surface area (Å²) in [5.74, 6) is -0.408. The van der Waals surface area contributed by atoms with E-state index in [1.54, 1.807) is 7.11 Å². The number of nitrogens with one attached hydrogen (secondary N) is 1. The zero-order valence-corrected chi connectivity index (χ0v) is 8.58. The van der Waals surface area contributed by atoms with E-state index in [1.165, 1.54) is 7.11 Å². The standard InChI is InChI=1S/C9H17NO4/c1-13-7-3-5-9(10-12,6-4-7)8(11)14-2/h7,10,12H,3-6H2,1-2H3. The van der Waals surface area contributed by atoms with Crippen molar-refractivity contribution in [3.05, 3.63) is 0 Å². The molecular formula is C9H17NO4. The summed E-state index contributed by atoms with van der Waals surface area (Å²) in [4.78, 5) is 11.4. The van der Waals surface area contributed by atoms with Crippen LogP contribution in [0.1, 0.15) is 25.7 Å². The molecular weight excluding hydrogens is 186 g/mol. The first-order chi connectivity index (χ1) is 6.68. The molecule has 0 unspecified atom stereocenters. The van der Waals surface area contributed by atoms with Crippen LogP contribution in [-0.4, -0.2) is 37.0 Å². The highest BCUT2D eigenvalue weighted by molar-refractivity contribution is 5.80. The van der Waals surface area contributed by atoms with Gasteiger partial charge in [0.15, 0.2) is 0 Å². The molecule has 0 aromatic carbocycles. The zero-order valence-electron chi connectivity index (χ0n) is 8.58. The molecule has 0 spiro atoms. The van der Waals surface area contributed by atoms with Crippen LogP contribution in [0.25, 0.3) is 0 Å². The van der Waals surface area contributed by atoms with E-state index < -0.39 is 11.5 Å². The highest BCUT2D eigenvalue weighted by atomic mass is 16.5. The van der Waals surface area contributed by atoms with E-state index in [9.17, 15) is 4.79 Å². The van der Waals surface area contributed by atoms with Crippen molar-refractivity contribution in [3.8, 4) is 0 Å². The number of methoxy groups -OCH3 is 2. The molecule has 0 aromatic heterocycles. The lowest BCUT2D eigenvalue weighted by Crippen LogP contribution is -2.54. The van der Waals surface area contributed by atoms with E-state index in [-0.39, 0.29) is 6.10 Å². The van der Waals surface area contributed by atoms with Gasteiger partial charge < -0.3 is 14.7 Å². The maximum atomic E-state index is 11.4. The molecule has 0 atom stereocenters.